The molecule has 2 heterocycles. The summed E-state index contributed by atoms with van der Waals surface area (Å²) < 4.78 is 14.0. The van der Waals surface area contributed by atoms with E-state index in [0.29, 0.717) is 17.5 Å². The highest BCUT2D eigenvalue weighted by molar-refractivity contribution is 7.99. The quantitative estimate of drug-likeness (QED) is 0.560. The molecule has 2 aliphatic rings. The third-order valence-electron chi connectivity index (χ3n) is 5.75. The molecule has 1 saturated heterocycles. The molecule has 0 bridgehead atoms. The van der Waals surface area contributed by atoms with Gasteiger partial charge in [0.1, 0.15) is 23.0 Å². The molecule has 1 amide bonds. The number of nitrogens with one attached hydrogen (secondary N) is 1. The Hall–Kier alpha value is -2.35. The first-order chi connectivity index (χ1) is 14.7. The lowest BCUT2D eigenvalue weighted by atomic mass is 9.95. The number of nitrogens with zero attached hydrogens (tertiary/aromatic N) is 4. The number of thioether (sulfide) groups is 1. The summed E-state index contributed by atoms with van der Waals surface area (Å²) in [4.78, 5) is 25.2. The summed E-state index contributed by atoms with van der Waals surface area (Å²) in [7, 11) is 0. The Bertz CT molecular complexity index is 853. The summed E-state index contributed by atoms with van der Waals surface area (Å²) in [6.45, 7) is 2.99. The smallest absolute Gasteiger partial charge is 0.230 e. The number of amides is 1. The molecule has 2 aromatic rings. The van der Waals surface area contributed by atoms with Crippen LogP contribution in [0.1, 0.15) is 32.1 Å². The molecule has 8 heteroatoms. The molecule has 6 nitrogen and oxygen atoms in total. The minimum absolute atomic E-state index is 0.0746. The molecule has 0 spiro atoms. The van der Waals surface area contributed by atoms with E-state index in [0.717, 1.165) is 49.9 Å². The van der Waals surface area contributed by atoms with Gasteiger partial charge in [0.2, 0.25) is 5.91 Å². The van der Waals surface area contributed by atoms with Gasteiger partial charge in [0, 0.05) is 38.3 Å². The number of benzene rings is 1. The van der Waals surface area contributed by atoms with Crippen LogP contribution in [0.3, 0.4) is 0 Å². The summed E-state index contributed by atoms with van der Waals surface area (Å²) in [5.74, 6) is 1.12. The van der Waals surface area contributed by atoms with Crippen molar-refractivity contribution in [3.8, 4) is 0 Å². The third kappa shape index (κ3) is 5.41. The van der Waals surface area contributed by atoms with E-state index in [2.05, 4.69) is 25.1 Å². The molecule has 1 aliphatic heterocycles. The molecule has 0 atom stereocenters. The minimum atomic E-state index is -0.182. The second-order valence-corrected chi connectivity index (χ2v) is 8.83. The van der Waals surface area contributed by atoms with Gasteiger partial charge in [-0.05, 0) is 25.0 Å². The summed E-state index contributed by atoms with van der Waals surface area (Å²) in [5.41, 5.74) is 0.653. The van der Waals surface area contributed by atoms with Crippen molar-refractivity contribution in [1.82, 2.24) is 15.3 Å². The van der Waals surface area contributed by atoms with Crippen molar-refractivity contribution in [1.29, 1.82) is 0 Å². The van der Waals surface area contributed by atoms with Crippen molar-refractivity contribution in [3.63, 3.8) is 0 Å². The van der Waals surface area contributed by atoms with E-state index in [9.17, 15) is 9.18 Å². The second-order valence-electron chi connectivity index (χ2n) is 7.83. The van der Waals surface area contributed by atoms with Crippen LogP contribution in [-0.4, -0.2) is 53.8 Å². The molecular weight excluding hydrogens is 401 g/mol. The van der Waals surface area contributed by atoms with Crippen LogP contribution in [0.4, 0.5) is 15.9 Å². The fourth-order valence-electron chi connectivity index (χ4n) is 4.12. The molecule has 0 unspecified atom stereocenters. The number of carbonyl (C=O) groups is 1. The molecule has 30 heavy (non-hydrogen) atoms. The Balaban J connectivity index is 1.28. The Kier molecular flexibility index (Phi) is 7.04. The van der Waals surface area contributed by atoms with Gasteiger partial charge in [0.15, 0.2) is 0 Å². The number of aromatic nitrogens is 2. The monoisotopic (exact) mass is 429 g/mol. The lowest BCUT2D eigenvalue weighted by Gasteiger charge is -2.36. The highest BCUT2D eigenvalue weighted by Gasteiger charge is 2.21. The molecule has 1 aromatic heterocycles. The van der Waals surface area contributed by atoms with Crippen LogP contribution in [0.15, 0.2) is 41.7 Å². The van der Waals surface area contributed by atoms with Crippen LogP contribution in [0.25, 0.3) is 0 Å². The maximum absolute atomic E-state index is 14.0. The van der Waals surface area contributed by atoms with Crippen LogP contribution in [0.2, 0.25) is 0 Å². The average Bonchev–Trinajstić information content (AvgIpc) is 2.79. The van der Waals surface area contributed by atoms with Crippen LogP contribution >= 0.6 is 11.8 Å². The van der Waals surface area contributed by atoms with Crippen LogP contribution in [0, 0.1) is 5.82 Å². The Morgan fingerprint density at radius 1 is 1.07 bits per heavy atom. The molecule has 0 radical (unpaired) electrons. The maximum atomic E-state index is 14.0. The predicted molar refractivity (Wildman–Crippen MR) is 119 cm³/mol. The molecule has 160 valence electrons. The molecule has 1 aliphatic carbocycles. The molecule has 1 saturated carbocycles. The van der Waals surface area contributed by atoms with E-state index < -0.39 is 0 Å². The minimum Gasteiger partial charge on any atom is -0.366 e. The zero-order chi connectivity index (χ0) is 20.8. The number of halogens is 1. The molecule has 4 rings (SSSR count). The fourth-order valence-corrected chi connectivity index (χ4v) is 4.79. The van der Waals surface area contributed by atoms with Gasteiger partial charge in [0.25, 0.3) is 0 Å². The molecule has 1 aromatic carbocycles. The van der Waals surface area contributed by atoms with Crippen molar-refractivity contribution >= 4 is 29.2 Å². The Morgan fingerprint density at radius 2 is 1.80 bits per heavy atom. The van der Waals surface area contributed by atoms with E-state index in [1.54, 1.807) is 12.4 Å². The predicted octanol–water partition coefficient (Wildman–Crippen LogP) is 3.48. The van der Waals surface area contributed by atoms with Gasteiger partial charge in [-0.2, -0.15) is 0 Å². The zero-order valence-corrected chi connectivity index (χ0v) is 17.9. The number of rotatable bonds is 6. The largest absolute Gasteiger partial charge is 0.366 e. The van der Waals surface area contributed by atoms with Gasteiger partial charge in [-0.25, -0.2) is 14.4 Å². The van der Waals surface area contributed by atoms with Crippen LogP contribution in [0.5, 0.6) is 0 Å². The lowest BCUT2D eigenvalue weighted by molar-refractivity contribution is -0.119. The first-order valence-corrected chi connectivity index (χ1v) is 11.7. The molecule has 2 fully saturated rings. The van der Waals surface area contributed by atoms with Crippen LogP contribution in [-0.2, 0) is 4.79 Å². The number of para-hydroxylation sites is 1. The number of piperazine rings is 1. The van der Waals surface area contributed by atoms with E-state index in [4.69, 9.17) is 0 Å². The number of hydrogen-bond acceptors (Lipinski definition) is 6. The summed E-state index contributed by atoms with van der Waals surface area (Å²) in [5, 5.41) is 3.94. The van der Waals surface area contributed by atoms with Gasteiger partial charge >= 0.3 is 0 Å². The lowest BCUT2D eigenvalue weighted by Crippen LogP contribution is -2.47. The highest BCUT2D eigenvalue weighted by Crippen LogP contribution is 2.24. The first kappa shape index (κ1) is 20.9. The van der Waals surface area contributed by atoms with E-state index in [1.165, 1.54) is 37.1 Å². The van der Waals surface area contributed by atoms with E-state index in [-0.39, 0.29) is 11.7 Å². The van der Waals surface area contributed by atoms with Crippen molar-refractivity contribution in [2.45, 2.75) is 43.2 Å². The van der Waals surface area contributed by atoms with Gasteiger partial charge in [0.05, 0.1) is 11.4 Å². The summed E-state index contributed by atoms with van der Waals surface area (Å²) in [6, 6.07) is 9.17. The Morgan fingerprint density at radius 3 is 2.57 bits per heavy atom. The van der Waals surface area contributed by atoms with E-state index in [1.807, 2.05) is 18.2 Å². The van der Waals surface area contributed by atoms with Crippen molar-refractivity contribution < 1.29 is 9.18 Å². The van der Waals surface area contributed by atoms with Gasteiger partial charge in [-0.1, -0.05) is 43.2 Å². The zero-order valence-electron chi connectivity index (χ0n) is 17.1. The Labute approximate surface area is 181 Å². The fraction of sp³-hybridized carbons (Fsp3) is 0.500. The van der Waals surface area contributed by atoms with Crippen molar-refractivity contribution in [3.05, 3.63) is 42.5 Å². The average molecular weight is 430 g/mol. The van der Waals surface area contributed by atoms with Crippen molar-refractivity contribution in [2.75, 3.05) is 41.7 Å². The van der Waals surface area contributed by atoms with Crippen LogP contribution < -0.4 is 15.1 Å². The summed E-state index contributed by atoms with van der Waals surface area (Å²) in [6.07, 6.45) is 7.42. The van der Waals surface area contributed by atoms with Gasteiger partial charge in [-0.15, -0.1) is 0 Å². The standard InChI is InChI=1S/C22H28FN5OS/c23-18-8-4-5-9-19(18)27-10-12-28(13-11-27)20-14-22(25-16-24-20)30-15-21(29)26-17-6-2-1-3-7-17/h4-5,8-9,14,16-17H,1-3,6-7,10-13,15H2,(H,26,29). The maximum Gasteiger partial charge on any atom is 0.230 e. The first-order valence-electron chi connectivity index (χ1n) is 10.7. The normalized spacial score (nSPS) is 17.8. The third-order valence-corrected chi connectivity index (χ3v) is 6.67. The summed E-state index contributed by atoms with van der Waals surface area (Å²) >= 11 is 1.44. The number of anilines is 2. The molecule has 1 N–H and O–H groups in total. The number of hydrogen-bond donors (Lipinski definition) is 1. The van der Waals surface area contributed by atoms with Crippen molar-refractivity contribution in [2.24, 2.45) is 0 Å². The van der Waals surface area contributed by atoms with E-state index >= 15 is 0 Å². The van der Waals surface area contributed by atoms with Gasteiger partial charge < -0.3 is 15.1 Å². The highest BCUT2D eigenvalue weighted by atomic mass is 32.2. The SMILES string of the molecule is O=C(CSc1cc(N2CCN(c3ccccc3F)CC2)ncn1)NC1CCCCC1. The molecular formula is C22H28FN5OS. The van der Waals surface area contributed by atoms with Gasteiger partial charge in [-0.3, -0.25) is 4.79 Å². The second kappa shape index (κ2) is 10.1. The topological polar surface area (TPSA) is 61.4 Å². The number of carbonyl (C=O) groups excluding carboxylic acids is 1.